The number of rotatable bonds is 6. The first-order valence-corrected chi connectivity index (χ1v) is 8.41. The second-order valence-corrected chi connectivity index (χ2v) is 7.41. The fraction of sp³-hybridized carbons (Fsp3) is 0.462. The molecular formula is C13H19N5O3S. The van der Waals surface area contributed by atoms with Gasteiger partial charge in [-0.15, -0.1) is 5.10 Å². The SMILES string of the molecule is CC(C)S(=O)(=O)NCCn1nc(-c2ccccn2)n(C)c1=O. The van der Waals surface area contributed by atoms with Crippen molar-refractivity contribution in [1.29, 1.82) is 0 Å². The molecule has 0 fully saturated rings. The molecule has 1 N–H and O–H groups in total. The molecule has 22 heavy (non-hydrogen) atoms. The predicted molar refractivity (Wildman–Crippen MR) is 82.8 cm³/mol. The van der Waals surface area contributed by atoms with Crippen molar-refractivity contribution in [3.05, 3.63) is 34.9 Å². The van der Waals surface area contributed by atoms with Crippen molar-refractivity contribution < 1.29 is 8.42 Å². The van der Waals surface area contributed by atoms with Crippen LogP contribution in [-0.4, -0.2) is 39.5 Å². The lowest BCUT2D eigenvalue weighted by Crippen LogP contribution is -2.35. The zero-order chi connectivity index (χ0) is 16.3. The van der Waals surface area contributed by atoms with Crippen molar-refractivity contribution in [2.45, 2.75) is 25.6 Å². The summed E-state index contributed by atoms with van der Waals surface area (Å²) in [7, 11) is -1.74. The molecule has 0 aliphatic rings. The Hall–Kier alpha value is -2.00. The van der Waals surface area contributed by atoms with Crippen molar-refractivity contribution in [3.8, 4) is 11.5 Å². The minimum Gasteiger partial charge on any atom is -0.277 e. The highest BCUT2D eigenvalue weighted by Gasteiger charge is 2.16. The molecule has 0 saturated heterocycles. The van der Waals surface area contributed by atoms with Gasteiger partial charge in [-0.25, -0.2) is 22.6 Å². The van der Waals surface area contributed by atoms with Gasteiger partial charge in [-0.3, -0.25) is 9.55 Å². The quantitative estimate of drug-likeness (QED) is 0.804. The van der Waals surface area contributed by atoms with Gasteiger partial charge in [0.1, 0.15) is 5.69 Å². The number of nitrogens with one attached hydrogen (secondary N) is 1. The second kappa shape index (κ2) is 6.41. The third-order valence-corrected chi connectivity index (χ3v) is 5.03. The Labute approximate surface area is 128 Å². The molecule has 0 aliphatic heterocycles. The summed E-state index contributed by atoms with van der Waals surface area (Å²) in [6.07, 6.45) is 1.62. The molecule has 2 aromatic rings. The van der Waals surface area contributed by atoms with Crippen LogP contribution in [0.3, 0.4) is 0 Å². The maximum absolute atomic E-state index is 12.1. The van der Waals surface area contributed by atoms with Crippen LogP contribution in [0.5, 0.6) is 0 Å². The molecule has 0 radical (unpaired) electrons. The standard InChI is InChI=1S/C13H19N5O3S/c1-10(2)22(20,21)15-8-9-18-13(19)17(3)12(16-18)11-6-4-5-7-14-11/h4-7,10,15H,8-9H2,1-3H3. The van der Waals surface area contributed by atoms with Gasteiger partial charge in [0.05, 0.1) is 11.8 Å². The first kappa shape index (κ1) is 16.4. The van der Waals surface area contributed by atoms with E-state index in [1.54, 1.807) is 39.2 Å². The third-order valence-electron chi connectivity index (χ3n) is 3.18. The highest BCUT2D eigenvalue weighted by molar-refractivity contribution is 7.90. The molecule has 8 nitrogen and oxygen atoms in total. The zero-order valence-electron chi connectivity index (χ0n) is 12.7. The Bertz CT molecular complexity index is 793. The maximum atomic E-state index is 12.1. The topological polar surface area (TPSA) is 98.9 Å². The minimum absolute atomic E-state index is 0.110. The lowest BCUT2D eigenvalue weighted by atomic mass is 10.3. The van der Waals surface area contributed by atoms with E-state index in [0.717, 1.165) is 0 Å². The van der Waals surface area contributed by atoms with Crippen molar-refractivity contribution >= 4 is 10.0 Å². The second-order valence-electron chi connectivity index (χ2n) is 5.09. The van der Waals surface area contributed by atoms with Gasteiger partial charge in [-0.05, 0) is 26.0 Å². The van der Waals surface area contributed by atoms with Gasteiger partial charge in [0.15, 0.2) is 5.82 Å². The van der Waals surface area contributed by atoms with E-state index in [1.807, 2.05) is 6.07 Å². The van der Waals surface area contributed by atoms with E-state index in [1.165, 1.54) is 9.25 Å². The fourth-order valence-corrected chi connectivity index (χ4v) is 2.52. The van der Waals surface area contributed by atoms with Crippen molar-refractivity contribution in [2.75, 3.05) is 6.54 Å². The van der Waals surface area contributed by atoms with Crippen LogP contribution in [0.15, 0.2) is 29.2 Å². The van der Waals surface area contributed by atoms with E-state index >= 15 is 0 Å². The van der Waals surface area contributed by atoms with Gasteiger partial charge < -0.3 is 0 Å². The smallest absolute Gasteiger partial charge is 0.277 e. The summed E-state index contributed by atoms with van der Waals surface area (Å²) in [4.78, 5) is 16.3. The normalized spacial score (nSPS) is 12.0. The Morgan fingerprint density at radius 3 is 2.64 bits per heavy atom. The monoisotopic (exact) mass is 325 g/mol. The van der Waals surface area contributed by atoms with Gasteiger partial charge in [-0.2, -0.15) is 0 Å². The predicted octanol–water partition coefficient (Wildman–Crippen LogP) is -0.0284. The van der Waals surface area contributed by atoms with E-state index in [9.17, 15) is 13.2 Å². The Morgan fingerprint density at radius 1 is 1.32 bits per heavy atom. The Morgan fingerprint density at radius 2 is 2.05 bits per heavy atom. The average Bonchev–Trinajstić information content (AvgIpc) is 2.76. The van der Waals surface area contributed by atoms with Crippen molar-refractivity contribution in [1.82, 2.24) is 24.1 Å². The van der Waals surface area contributed by atoms with Crippen LogP contribution < -0.4 is 10.4 Å². The lowest BCUT2D eigenvalue weighted by molar-refractivity contribution is 0.545. The molecule has 0 amide bonds. The van der Waals surface area contributed by atoms with Crippen LogP contribution >= 0.6 is 0 Å². The van der Waals surface area contributed by atoms with E-state index in [2.05, 4.69) is 14.8 Å². The van der Waals surface area contributed by atoms with Crippen LogP contribution in [0.25, 0.3) is 11.5 Å². The summed E-state index contributed by atoms with van der Waals surface area (Å²) in [6.45, 7) is 3.45. The van der Waals surface area contributed by atoms with Crippen molar-refractivity contribution in [2.24, 2.45) is 7.05 Å². The van der Waals surface area contributed by atoms with Gasteiger partial charge in [0.2, 0.25) is 10.0 Å². The van der Waals surface area contributed by atoms with E-state index < -0.39 is 15.3 Å². The fourth-order valence-electron chi connectivity index (χ4n) is 1.81. The highest BCUT2D eigenvalue weighted by Crippen LogP contribution is 2.10. The number of pyridine rings is 1. The molecule has 9 heteroatoms. The zero-order valence-corrected chi connectivity index (χ0v) is 13.5. The van der Waals surface area contributed by atoms with Gasteiger partial charge in [-0.1, -0.05) is 6.07 Å². The summed E-state index contributed by atoms with van der Waals surface area (Å²) in [5.74, 6) is 0.442. The van der Waals surface area contributed by atoms with Crippen LogP contribution in [0.4, 0.5) is 0 Å². The Balaban J connectivity index is 2.16. The summed E-state index contributed by atoms with van der Waals surface area (Å²) in [6, 6.07) is 5.34. The summed E-state index contributed by atoms with van der Waals surface area (Å²) < 4.78 is 28.4. The number of sulfonamides is 1. The summed E-state index contributed by atoms with van der Waals surface area (Å²) >= 11 is 0. The largest absolute Gasteiger partial charge is 0.346 e. The highest BCUT2D eigenvalue weighted by atomic mass is 32.2. The molecule has 0 bridgehead atoms. The van der Waals surface area contributed by atoms with Crippen LogP contribution in [0.2, 0.25) is 0 Å². The van der Waals surface area contributed by atoms with E-state index in [0.29, 0.717) is 11.5 Å². The number of nitrogens with zero attached hydrogens (tertiary/aromatic N) is 4. The number of hydrogen-bond donors (Lipinski definition) is 1. The van der Waals surface area contributed by atoms with Crippen LogP contribution in [-0.2, 0) is 23.6 Å². The van der Waals surface area contributed by atoms with Crippen molar-refractivity contribution in [3.63, 3.8) is 0 Å². The third kappa shape index (κ3) is 3.42. The molecule has 2 heterocycles. The van der Waals surface area contributed by atoms with Crippen LogP contribution in [0, 0.1) is 0 Å². The summed E-state index contributed by atoms with van der Waals surface area (Å²) in [5.41, 5.74) is 0.271. The molecular weight excluding hydrogens is 306 g/mol. The number of hydrogen-bond acceptors (Lipinski definition) is 5. The Kier molecular flexibility index (Phi) is 4.77. The minimum atomic E-state index is -3.35. The molecule has 120 valence electrons. The molecule has 0 atom stereocenters. The maximum Gasteiger partial charge on any atom is 0.346 e. The van der Waals surface area contributed by atoms with E-state index in [4.69, 9.17) is 0 Å². The molecule has 0 unspecified atom stereocenters. The lowest BCUT2D eigenvalue weighted by Gasteiger charge is -2.08. The molecule has 0 spiro atoms. The first-order chi connectivity index (χ1) is 10.3. The van der Waals surface area contributed by atoms with E-state index in [-0.39, 0.29) is 18.8 Å². The number of aromatic nitrogens is 4. The van der Waals surface area contributed by atoms with Gasteiger partial charge in [0.25, 0.3) is 0 Å². The van der Waals surface area contributed by atoms with Gasteiger partial charge in [0, 0.05) is 19.8 Å². The first-order valence-electron chi connectivity index (χ1n) is 6.86. The average molecular weight is 325 g/mol. The van der Waals surface area contributed by atoms with Gasteiger partial charge >= 0.3 is 5.69 Å². The molecule has 2 rings (SSSR count). The molecule has 0 aromatic carbocycles. The molecule has 0 saturated carbocycles. The van der Waals surface area contributed by atoms with Crippen LogP contribution in [0.1, 0.15) is 13.8 Å². The summed E-state index contributed by atoms with van der Waals surface area (Å²) in [5, 5.41) is 3.70. The molecule has 2 aromatic heterocycles. The molecule has 0 aliphatic carbocycles.